The Labute approximate surface area is 313 Å². The summed E-state index contributed by atoms with van der Waals surface area (Å²) in [6.07, 6.45) is 7.96. The fourth-order valence-corrected chi connectivity index (χ4v) is 6.12. The van der Waals surface area contributed by atoms with Gasteiger partial charge in [-0.1, -0.05) is 37.1 Å². The average Bonchev–Trinajstić information content (AvgIpc) is 3.18. The van der Waals surface area contributed by atoms with Crippen molar-refractivity contribution < 1.29 is 28.6 Å². The lowest BCUT2D eigenvalue weighted by Crippen LogP contribution is -2.41. The molecule has 0 atom stereocenters. The highest BCUT2D eigenvalue weighted by atomic mass is 16.5. The molecule has 13 heteroatoms. The first-order valence-electron chi connectivity index (χ1n) is 17.5. The van der Waals surface area contributed by atoms with Crippen molar-refractivity contribution in [3.8, 4) is 29.6 Å². The maximum absolute atomic E-state index is 13.3. The molecule has 6 rings (SSSR count). The fourth-order valence-electron chi connectivity index (χ4n) is 6.12. The molecule has 0 spiro atoms. The number of nitrogens with zero attached hydrogens (tertiary/aromatic N) is 2. The summed E-state index contributed by atoms with van der Waals surface area (Å²) in [6.45, 7) is 6.26. The van der Waals surface area contributed by atoms with E-state index in [1.165, 1.54) is 7.11 Å². The summed E-state index contributed by atoms with van der Waals surface area (Å²) < 4.78 is 17.2. The lowest BCUT2D eigenvalue weighted by Gasteiger charge is -2.26. The highest BCUT2D eigenvalue weighted by molar-refractivity contribution is 6.09. The number of methoxy groups -OCH3 is 1. The predicted octanol–water partition coefficient (Wildman–Crippen LogP) is 6.13. The van der Waals surface area contributed by atoms with Gasteiger partial charge in [0, 0.05) is 66.0 Å². The molecule has 13 nitrogen and oxygen atoms in total. The minimum absolute atomic E-state index is 0.178. The number of fused-ring (bicyclic) bond motifs is 1. The largest absolute Gasteiger partial charge is 0.494 e. The number of urea groups is 1. The molecule has 0 saturated carbocycles. The Kier molecular flexibility index (Phi) is 11.9. The van der Waals surface area contributed by atoms with Crippen LogP contribution in [0.25, 0.3) is 10.8 Å². The quantitative estimate of drug-likeness (QED) is 0.0897. The number of hydrogen-bond acceptors (Lipinski definition) is 9. The second kappa shape index (κ2) is 17.3. The highest BCUT2D eigenvalue weighted by Crippen LogP contribution is 2.36. The van der Waals surface area contributed by atoms with Gasteiger partial charge in [0.25, 0.3) is 11.8 Å². The van der Waals surface area contributed by atoms with E-state index in [1.54, 1.807) is 60.8 Å². The molecule has 54 heavy (non-hydrogen) atoms. The molecule has 6 N–H and O–H groups in total. The number of ether oxygens (including phenoxy) is 3. The molecular formula is C41H41N7O6. The van der Waals surface area contributed by atoms with Crippen molar-refractivity contribution in [2.75, 3.05) is 62.5 Å². The zero-order valence-corrected chi connectivity index (χ0v) is 30.0. The van der Waals surface area contributed by atoms with Gasteiger partial charge in [0.2, 0.25) is 0 Å². The van der Waals surface area contributed by atoms with E-state index in [9.17, 15) is 14.4 Å². The molecule has 4 amide bonds. The number of pyridine rings is 1. The first-order chi connectivity index (χ1) is 26.2. The van der Waals surface area contributed by atoms with Crippen LogP contribution in [-0.4, -0.2) is 74.2 Å². The van der Waals surface area contributed by atoms with E-state index in [0.717, 1.165) is 36.0 Å². The Bertz CT molecular complexity index is 2230. The lowest BCUT2D eigenvalue weighted by atomic mass is 10.1. The molecule has 4 aromatic carbocycles. The first kappa shape index (κ1) is 37.1. The Morgan fingerprint density at radius 1 is 0.963 bits per heavy atom. The summed E-state index contributed by atoms with van der Waals surface area (Å²) in [5.74, 6) is 3.43. The van der Waals surface area contributed by atoms with Crippen LogP contribution in [0.5, 0.6) is 17.2 Å². The molecule has 1 aliphatic heterocycles. The number of benzene rings is 4. The van der Waals surface area contributed by atoms with Crippen LogP contribution in [0, 0.1) is 12.3 Å². The van der Waals surface area contributed by atoms with Crippen LogP contribution in [0.15, 0.2) is 85.1 Å². The number of nitrogens with one attached hydrogen (secondary N) is 4. The van der Waals surface area contributed by atoms with Crippen molar-refractivity contribution in [2.45, 2.75) is 13.3 Å². The number of primary amides is 1. The van der Waals surface area contributed by atoms with Crippen molar-refractivity contribution in [3.05, 3.63) is 107 Å². The Hall–Kier alpha value is -6.62. The second-order valence-electron chi connectivity index (χ2n) is 12.4. The molecule has 1 saturated heterocycles. The Balaban J connectivity index is 1.16. The van der Waals surface area contributed by atoms with Crippen LogP contribution >= 0.6 is 0 Å². The van der Waals surface area contributed by atoms with Crippen LogP contribution < -0.4 is 36.5 Å². The van der Waals surface area contributed by atoms with Gasteiger partial charge in [-0.2, -0.15) is 0 Å². The number of carbonyl (C=O) groups excluding carboxylic acids is 3. The van der Waals surface area contributed by atoms with E-state index < -0.39 is 11.9 Å². The monoisotopic (exact) mass is 727 g/mol. The summed E-state index contributed by atoms with van der Waals surface area (Å²) in [4.78, 5) is 45.1. The van der Waals surface area contributed by atoms with Crippen molar-refractivity contribution in [3.63, 3.8) is 0 Å². The maximum Gasteiger partial charge on any atom is 0.323 e. The number of rotatable bonds is 13. The van der Waals surface area contributed by atoms with Gasteiger partial charge in [0.05, 0.1) is 37.3 Å². The van der Waals surface area contributed by atoms with E-state index in [2.05, 4.69) is 37.1 Å². The van der Waals surface area contributed by atoms with Crippen LogP contribution in [-0.2, 0) is 11.2 Å². The van der Waals surface area contributed by atoms with Crippen LogP contribution in [0.2, 0.25) is 0 Å². The number of hydrogen-bond donors (Lipinski definition) is 5. The van der Waals surface area contributed by atoms with Crippen molar-refractivity contribution in [1.82, 2.24) is 15.2 Å². The third-order valence-electron chi connectivity index (χ3n) is 8.82. The minimum Gasteiger partial charge on any atom is -0.494 e. The standard InChI is InChI=1S/C41H41N7O6/c1-4-26-20-28(40(50)44-14-15-48-16-18-53-19-17-48)24-29(21-26)45-37-25-30(12-13-43-37)54-36-11-10-34(31-8-6-7-9-32(31)36)46-41(51)47-35-23-27(5-2)22-33(39(42)49)38(35)52-3/h1,6-13,20-25H,5,14-19H2,2-3H3,(H2,42,49)(H,43,45)(H,44,50)(H2,46,47,51). The fraction of sp³-hybridized carbons (Fsp3) is 0.220. The summed E-state index contributed by atoms with van der Waals surface area (Å²) in [7, 11) is 1.41. The Morgan fingerprint density at radius 3 is 2.48 bits per heavy atom. The number of aryl methyl sites for hydroxylation is 1. The van der Waals surface area contributed by atoms with Gasteiger partial charge >= 0.3 is 6.03 Å². The van der Waals surface area contributed by atoms with Crippen molar-refractivity contribution in [2.24, 2.45) is 5.73 Å². The van der Waals surface area contributed by atoms with Gasteiger partial charge in [-0.15, -0.1) is 6.42 Å². The highest BCUT2D eigenvalue weighted by Gasteiger charge is 2.19. The zero-order valence-electron chi connectivity index (χ0n) is 30.0. The number of nitrogens with two attached hydrogens (primary N) is 1. The molecule has 1 aliphatic rings. The van der Waals surface area contributed by atoms with Gasteiger partial charge in [-0.3, -0.25) is 14.5 Å². The number of aromatic nitrogens is 1. The van der Waals surface area contributed by atoms with Crippen LogP contribution in [0.1, 0.15) is 38.8 Å². The summed E-state index contributed by atoms with van der Waals surface area (Å²) in [6, 6.07) is 22.5. The topological polar surface area (TPSA) is 169 Å². The normalized spacial score (nSPS) is 12.7. The lowest BCUT2D eigenvalue weighted by molar-refractivity contribution is 0.0383. The number of anilines is 4. The molecular weight excluding hydrogens is 686 g/mol. The summed E-state index contributed by atoms with van der Waals surface area (Å²) in [5.41, 5.74) is 8.99. The number of morpholine rings is 1. The summed E-state index contributed by atoms with van der Waals surface area (Å²) >= 11 is 0. The average molecular weight is 728 g/mol. The van der Waals surface area contributed by atoms with Gasteiger partial charge in [-0.25, -0.2) is 9.78 Å². The van der Waals surface area contributed by atoms with E-state index in [4.69, 9.17) is 26.4 Å². The third kappa shape index (κ3) is 9.05. The molecule has 0 radical (unpaired) electrons. The van der Waals surface area contributed by atoms with Gasteiger partial charge in [0.1, 0.15) is 17.3 Å². The van der Waals surface area contributed by atoms with E-state index in [1.807, 2.05) is 31.2 Å². The molecule has 5 aromatic rings. The van der Waals surface area contributed by atoms with E-state index >= 15 is 0 Å². The van der Waals surface area contributed by atoms with Crippen molar-refractivity contribution in [1.29, 1.82) is 0 Å². The van der Waals surface area contributed by atoms with E-state index in [0.29, 0.717) is 71.7 Å². The minimum atomic E-state index is -0.660. The van der Waals surface area contributed by atoms with E-state index in [-0.39, 0.29) is 17.2 Å². The second-order valence-corrected chi connectivity index (χ2v) is 12.4. The zero-order chi connectivity index (χ0) is 38.0. The van der Waals surface area contributed by atoms with Crippen LogP contribution in [0.3, 0.4) is 0 Å². The maximum atomic E-state index is 13.3. The number of carbonyl (C=O) groups is 3. The van der Waals surface area contributed by atoms with Gasteiger partial charge in [0.15, 0.2) is 5.75 Å². The smallest absolute Gasteiger partial charge is 0.323 e. The first-order valence-corrected chi connectivity index (χ1v) is 17.5. The molecule has 0 unspecified atom stereocenters. The SMILES string of the molecule is C#Cc1cc(Nc2cc(Oc3ccc(NC(=O)Nc4cc(CC)cc(C(N)=O)c4OC)c4ccccc34)ccn2)cc(C(=O)NCCN2CCOCC2)c1. The molecule has 1 aromatic heterocycles. The molecule has 0 aliphatic carbocycles. The molecule has 1 fully saturated rings. The summed E-state index contributed by atoms with van der Waals surface area (Å²) in [5, 5.41) is 13.4. The number of amides is 4. The van der Waals surface area contributed by atoms with Gasteiger partial charge < -0.3 is 41.2 Å². The molecule has 2 heterocycles. The van der Waals surface area contributed by atoms with Gasteiger partial charge in [-0.05, 0) is 60.5 Å². The predicted molar refractivity (Wildman–Crippen MR) is 209 cm³/mol. The number of terminal acetylenes is 1. The van der Waals surface area contributed by atoms with Crippen molar-refractivity contribution >= 4 is 51.5 Å². The molecule has 276 valence electrons. The third-order valence-corrected chi connectivity index (χ3v) is 8.82. The Morgan fingerprint density at radius 2 is 1.74 bits per heavy atom. The van der Waals surface area contributed by atoms with Crippen LogP contribution in [0.4, 0.5) is 27.7 Å². The molecule has 0 bridgehead atoms.